The molecule has 106 valence electrons. The average molecular weight is 258 g/mol. The van der Waals surface area contributed by atoms with Gasteiger partial charge in [-0.25, -0.2) is 0 Å². The van der Waals surface area contributed by atoms with Gasteiger partial charge in [0.15, 0.2) is 0 Å². The van der Waals surface area contributed by atoms with E-state index in [1.54, 1.807) is 6.92 Å². The minimum absolute atomic E-state index is 0.0323. The third-order valence-corrected chi connectivity index (χ3v) is 2.81. The minimum Gasteiger partial charge on any atom is -0.481 e. The molecule has 0 aromatic rings. The molecule has 0 aliphatic heterocycles. The van der Waals surface area contributed by atoms with E-state index in [9.17, 15) is 9.59 Å². The molecule has 0 aromatic carbocycles. The predicted octanol–water partition coefficient (Wildman–Crippen LogP) is 1.19. The van der Waals surface area contributed by atoms with Gasteiger partial charge in [0, 0.05) is 13.1 Å². The second kappa shape index (κ2) is 8.91. The number of carboxylic acids is 1. The predicted molar refractivity (Wildman–Crippen MR) is 71.4 cm³/mol. The third-order valence-electron chi connectivity index (χ3n) is 2.81. The molecule has 1 unspecified atom stereocenters. The molecule has 0 heterocycles. The Hall–Kier alpha value is -1.10. The Morgan fingerprint density at radius 2 is 1.89 bits per heavy atom. The van der Waals surface area contributed by atoms with Crippen molar-refractivity contribution in [3.63, 3.8) is 0 Å². The molecule has 0 aromatic heterocycles. The standard InChI is InChI=1S/C13H26N2O3/c1-5-15(8-11(4)13(17)18)9-12(16)14-7-6-10(2)3/h10-11H,5-9H2,1-4H3,(H,14,16)(H,17,18). The molecule has 1 atom stereocenters. The zero-order valence-corrected chi connectivity index (χ0v) is 11.9. The summed E-state index contributed by atoms with van der Waals surface area (Å²) in [7, 11) is 0. The number of hydrogen-bond donors (Lipinski definition) is 2. The van der Waals surface area contributed by atoms with Crippen LogP contribution in [0.25, 0.3) is 0 Å². The molecule has 5 heteroatoms. The van der Waals surface area contributed by atoms with Gasteiger partial charge in [-0.15, -0.1) is 0 Å². The van der Waals surface area contributed by atoms with Crippen molar-refractivity contribution in [2.24, 2.45) is 11.8 Å². The first-order chi connectivity index (χ1) is 8.36. The Kier molecular flexibility index (Phi) is 8.37. The van der Waals surface area contributed by atoms with Crippen molar-refractivity contribution in [2.45, 2.75) is 34.1 Å². The summed E-state index contributed by atoms with van der Waals surface area (Å²) in [6.45, 7) is 9.84. The van der Waals surface area contributed by atoms with Crippen LogP contribution in [0.15, 0.2) is 0 Å². The highest BCUT2D eigenvalue weighted by Gasteiger charge is 2.16. The van der Waals surface area contributed by atoms with Crippen LogP contribution in [0, 0.1) is 11.8 Å². The zero-order chi connectivity index (χ0) is 14.1. The lowest BCUT2D eigenvalue weighted by molar-refractivity contribution is -0.142. The maximum absolute atomic E-state index is 11.6. The number of aliphatic carboxylic acids is 1. The zero-order valence-electron chi connectivity index (χ0n) is 11.9. The van der Waals surface area contributed by atoms with Crippen molar-refractivity contribution in [3.05, 3.63) is 0 Å². The van der Waals surface area contributed by atoms with E-state index in [1.165, 1.54) is 0 Å². The Morgan fingerprint density at radius 1 is 1.28 bits per heavy atom. The number of amides is 1. The van der Waals surface area contributed by atoms with Crippen LogP contribution in [0.2, 0.25) is 0 Å². The van der Waals surface area contributed by atoms with Gasteiger partial charge in [-0.2, -0.15) is 0 Å². The van der Waals surface area contributed by atoms with Crippen LogP contribution >= 0.6 is 0 Å². The Bertz CT molecular complexity index is 267. The molecule has 0 fully saturated rings. The van der Waals surface area contributed by atoms with E-state index in [0.717, 1.165) is 6.42 Å². The summed E-state index contributed by atoms with van der Waals surface area (Å²) in [4.78, 5) is 24.3. The number of nitrogens with one attached hydrogen (secondary N) is 1. The summed E-state index contributed by atoms with van der Waals surface area (Å²) in [5.41, 5.74) is 0. The van der Waals surface area contributed by atoms with Crippen LogP contribution in [0.3, 0.4) is 0 Å². The fraction of sp³-hybridized carbons (Fsp3) is 0.846. The summed E-state index contributed by atoms with van der Waals surface area (Å²) in [6.07, 6.45) is 0.962. The molecule has 0 bridgehead atoms. The fourth-order valence-corrected chi connectivity index (χ4v) is 1.53. The number of hydrogen-bond acceptors (Lipinski definition) is 3. The number of nitrogens with zero attached hydrogens (tertiary/aromatic N) is 1. The third kappa shape index (κ3) is 8.06. The molecule has 0 spiro atoms. The first-order valence-electron chi connectivity index (χ1n) is 6.58. The molecule has 0 saturated carbocycles. The van der Waals surface area contributed by atoms with Crippen LogP contribution < -0.4 is 5.32 Å². The summed E-state index contributed by atoms with van der Waals surface area (Å²) in [5, 5.41) is 11.7. The van der Waals surface area contributed by atoms with Gasteiger partial charge in [0.25, 0.3) is 0 Å². The van der Waals surface area contributed by atoms with Crippen molar-refractivity contribution in [1.29, 1.82) is 0 Å². The maximum Gasteiger partial charge on any atom is 0.307 e. The Labute approximate surface area is 110 Å². The second-order valence-corrected chi connectivity index (χ2v) is 5.10. The van der Waals surface area contributed by atoms with Gasteiger partial charge >= 0.3 is 5.97 Å². The van der Waals surface area contributed by atoms with Crippen LogP contribution in [0.4, 0.5) is 0 Å². The smallest absolute Gasteiger partial charge is 0.307 e. The first kappa shape index (κ1) is 16.9. The number of rotatable bonds is 9. The summed E-state index contributed by atoms with van der Waals surface area (Å²) < 4.78 is 0. The fourth-order valence-electron chi connectivity index (χ4n) is 1.53. The minimum atomic E-state index is -0.825. The molecule has 0 radical (unpaired) electrons. The van der Waals surface area contributed by atoms with Crippen molar-refractivity contribution >= 4 is 11.9 Å². The van der Waals surface area contributed by atoms with Crippen molar-refractivity contribution in [2.75, 3.05) is 26.2 Å². The number of carbonyl (C=O) groups excluding carboxylic acids is 1. The lowest BCUT2D eigenvalue weighted by atomic mass is 10.1. The monoisotopic (exact) mass is 258 g/mol. The van der Waals surface area contributed by atoms with E-state index in [4.69, 9.17) is 5.11 Å². The van der Waals surface area contributed by atoms with Gasteiger partial charge in [0.05, 0.1) is 12.5 Å². The number of carbonyl (C=O) groups is 2. The van der Waals surface area contributed by atoms with Gasteiger partial charge in [-0.05, 0) is 18.9 Å². The van der Waals surface area contributed by atoms with Crippen molar-refractivity contribution in [3.8, 4) is 0 Å². The molecular formula is C13H26N2O3. The van der Waals surface area contributed by atoms with E-state index in [0.29, 0.717) is 25.6 Å². The Balaban J connectivity index is 3.97. The van der Waals surface area contributed by atoms with Crippen LogP contribution in [-0.2, 0) is 9.59 Å². The lowest BCUT2D eigenvalue weighted by Crippen LogP contribution is -2.40. The SMILES string of the molecule is CCN(CC(=O)NCCC(C)C)CC(C)C(=O)O. The second-order valence-electron chi connectivity index (χ2n) is 5.10. The molecule has 1 amide bonds. The summed E-state index contributed by atoms with van der Waals surface area (Å²) in [6, 6.07) is 0. The maximum atomic E-state index is 11.6. The van der Waals surface area contributed by atoms with Crippen LogP contribution in [-0.4, -0.2) is 48.1 Å². The normalized spacial score (nSPS) is 12.8. The van der Waals surface area contributed by atoms with Crippen molar-refractivity contribution < 1.29 is 14.7 Å². The van der Waals surface area contributed by atoms with Gasteiger partial charge < -0.3 is 10.4 Å². The molecule has 5 nitrogen and oxygen atoms in total. The molecule has 0 aliphatic carbocycles. The lowest BCUT2D eigenvalue weighted by Gasteiger charge is -2.21. The van der Waals surface area contributed by atoms with E-state index < -0.39 is 11.9 Å². The van der Waals surface area contributed by atoms with E-state index in [2.05, 4.69) is 19.2 Å². The molecule has 18 heavy (non-hydrogen) atoms. The average Bonchev–Trinajstić information content (AvgIpc) is 2.27. The van der Waals surface area contributed by atoms with E-state index in [1.807, 2.05) is 11.8 Å². The van der Waals surface area contributed by atoms with E-state index >= 15 is 0 Å². The van der Waals surface area contributed by atoms with Crippen LogP contribution in [0.5, 0.6) is 0 Å². The quantitative estimate of drug-likeness (QED) is 0.652. The van der Waals surface area contributed by atoms with Gasteiger partial charge in [-0.3, -0.25) is 14.5 Å². The summed E-state index contributed by atoms with van der Waals surface area (Å²) in [5.74, 6) is -0.739. The summed E-state index contributed by atoms with van der Waals surface area (Å²) >= 11 is 0. The highest BCUT2D eigenvalue weighted by molar-refractivity contribution is 5.78. The first-order valence-corrected chi connectivity index (χ1v) is 6.58. The van der Waals surface area contributed by atoms with Gasteiger partial charge in [0.1, 0.15) is 0 Å². The number of carboxylic acid groups (broad SMARTS) is 1. The Morgan fingerprint density at radius 3 is 2.33 bits per heavy atom. The van der Waals surface area contributed by atoms with Crippen molar-refractivity contribution in [1.82, 2.24) is 10.2 Å². The molecule has 0 saturated heterocycles. The van der Waals surface area contributed by atoms with Gasteiger partial charge in [0.2, 0.25) is 5.91 Å². The highest BCUT2D eigenvalue weighted by atomic mass is 16.4. The topological polar surface area (TPSA) is 69.6 Å². The highest BCUT2D eigenvalue weighted by Crippen LogP contribution is 2.00. The number of likely N-dealkylation sites (N-methyl/N-ethyl adjacent to an activating group) is 1. The van der Waals surface area contributed by atoms with Crippen LogP contribution in [0.1, 0.15) is 34.1 Å². The molecule has 0 rings (SSSR count). The molecule has 0 aliphatic rings. The molecule has 2 N–H and O–H groups in total. The largest absolute Gasteiger partial charge is 0.481 e. The van der Waals surface area contributed by atoms with E-state index in [-0.39, 0.29) is 12.5 Å². The molecular weight excluding hydrogens is 232 g/mol. The van der Waals surface area contributed by atoms with Gasteiger partial charge in [-0.1, -0.05) is 27.7 Å².